The molecule has 12 heavy (non-hydrogen) atoms. The van der Waals surface area contributed by atoms with Gasteiger partial charge in [0, 0.05) is 18.2 Å². The second-order valence-corrected chi connectivity index (χ2v) is 3.10. The summed E-state index contributed by atoms with van der Waals surface area (Å²) in [5.74, 6) is 7.38. The maximum Gasteiger partial charge on any atom is 0.0232 e. The lowest BCUT2D eigenvalue weighted by Crippen LogP contribution is -1.71. The summed E-state index contributed by atoms with van der Waals surface area (Å²) in [6.45, 7) is 0. The van der Waals surface area contributed by atoms with E-state index >= 15 is 0 Å². The first kappa shape index (κ1) is 11.9. The molecule has 0 fully saturated rings. The quantitative estimate of drug-likeness (QED) is 0.365. The van der Waals surface area contributed by atoms with Gasteiger partial charge < -0.3 is 0 Å². The SMILES string of the molecule is ClCCCC#C/C=C\CCCCl. The summed E-state index contributed by atoms with van der Waals surface area (Å²) in [6.07, 6.45) is 7.86. The van der Waals surface area contributed by atoms with Crippen molar-refractivity contribution in [3.8, 4) is 11.8 Å². The highest BCUT2D eigenvalue weighted by molar-refractivity contribution is 6.18. The topological polar surface area (TPSA) is 0 Å². The number of alkyl halides is 2. The van der Waals surface area contributed by atoms with Gasteiger partial charge in [0.2, 0.25) is 0 Å². The number of allylic oxidation sites excluding steroid dienone is 2. The largest absolute Gasteiger partial charge is 0.127 e. The monoisotopic (exact) mass is 204 g/mol. The molecule has 0 spiro atoms. The van der Waals surface area contributed by atoms with E-state index in [2.05, 4.69) is 17.9 Å². The minimum absolute atomic E-state index is 0.699. The smallest absolute Gasteiger partial charge is 0.0232 e. The lowest BCUT2D eigenvalue weighted by Gasteiger charge is -1.83. The molecule has 0 rings (SSSR count). The number of rotatable bonds is 5. The van der Waals surface area contributed by atoms with Crippen LogP contribution in [-0.2, 0) is 0 Å². The summed E-state index contributed by atoms with van der Waals surface area (Å²) < 4.78 is 0. The summed E-state index contributed by atoms with van der Waals surface area (Å²) in [5.41, 5.74) is 0. The molecule has 0 bridgehead atoms. The van der Waals surface area contributed by atoms with Crippen molar-refractivity contribution in [2.75, 3.05) is 11.8 Å². The average Bonchev–Trinajstić information content (AvgIpc) is 2.10. The van der Waals surface area contributed by atoms with E-state index in [9.17, 15) is 0 Å². The number of unbranched alkanes of at least 4 members (excludes halogenated alkanes) is 2. The zero-order valence-corrected chi connectivity index (χ0v) is 8.67. The minimum atomic E-state index is 0.699. The molecular weight excluding hydrogens is 191 g/mol. The molecule has 2 heteroatoms. The standard InChI is InChI=1S/C10H14Cl2/c11-9-7-5-3-1-2-4-6-8-10-12/h1,3H,5-10H2/b3-1-. The molecular formula is C10H14Cl2. The van der Waals surface area contributed by atoms with Gasteiger partial charge in [-0.15, -0.1) is 23.2 Å². The van der Waals surface area contributed by atoms with E-state index in [1.807, 2.05) is 6.08 Å². The Hall–Kier alpha value is -0.120. The molecule has 0 aliphatic heterocycles. The van der Waals surface area contributed by atoms with Gasteiger partial charge in [-0.25, -0.2) is 0 Å². The molecule has 0 aliphatic rings. The highest BCUT2D eigenvalue weighted by Gasteiger charge is 1.77. The van der Waals surface area contributed by atoms with Crippen molar-refractivity contribution in [1.29, 1.82) is 0 Å². The van der Waals surface area contributed by atoms with Crippen LogP contribution in [0.1, 0.15) is 25.7 Å². The zero-order valence-electron chi connectivity index (χ0n) is 7.15. The number of halogens is 2. The van der Waals surface area contributed by atoms with Gasteiger partial charge in [0.15, 0.2) is 0 Å². The highest BCUT2D eigenvalue weighted by atomic mass is 35.5. The summed E-state index contributed by atoms with van der Waals surface area (Å²) >= 11 is 11.0. The first-order valence-electron chi connectivity index (χ1n) is 4.17. The molecule has 0 saturated heterocycles. The zero-order chi connectivity index (χ0) is 9.07. The summed E-state index contributed by atoms with van der Waals surface area (Å²) in [6, 6.07) is 0. The summed E-state index contributed by atoms with van der Waals surface area (Å²) in [7, 11) is 0. The van der Waals surface area contributed by atoms with Gasteiger partial charge in [-0.05, 0) is 25.3 Å². The van der Waals surface area contributed by atoms with Crippen molar-refractivity contribution in [1.82, 2.24) is 0 Å². The minimum Gasteiger partial charge on any atom is -0.127 e. The Morgan fingerprint density at radius 3 is 2.50 bits per heavy atom. The third kappa shape index (κ3) is 9.88. The molecule has 68 valence electrons. The molecule has 0 amide bonds. The van der Waals surface area contributed by atoms with Crippen LogP contribution in [0.2, 0.25) is 0 Å². The van der Waals surface area contributed by atoms with Crippen molar-refractivity contribution in [3.63, 3.8) is 0 Å². The second-order valence-electron chi connectivity index (χ2n) is 2.35. The molecule has 0 aromatic carbocycles. The van der Waals surface area contributed by atoms with Crippen LogP contribution in [0.15, 0.2) is 12.2 Å². The van der Waals surface area contributed by atoms with E-state index in [1.165, 1.54) is 0 Å². The fourth-order valence-corrected chi connectivity index (χ4v) is 0.911. The Morgan fingerprint density at radius 1 is 1.08 bits per heavy atom. The highest BCUT2D eigenvalue weighted by Crippen LogP contribution is 1.92. The van der Waals surface area contributed by atoms with Crippen molar-refractivity contribution in [2.45, 2.75) is 25.7 Å². The first-order chi connectivity index (χ1) is 5.91. The molecule has 0 heterocycles. The second kappa shape index (κ2) is 10.9. The lowest BCUT2D eigenvalue weighted by molar-refractivity contribution is 0.967. The molecule has 0 nitrogen and oxygen atoms in total. The van der Waals surface area contributed by atoms with Gasteiger partial charge in [-0.2, -0.15) is 0 Å². The Kier molecular flexibility index (Phi) is 10.8. The Bertz CT molecular complexity index is 162. The van der Waals surface area contributed by atoms with Crippen molar-refractivity contribution < 1.29 is 0 Å². The van der Waals surface area contributed by atoms with Gasteiger partial charge in [0.25, 0.3) is 0 Å². The average molecular weight is 205 g/mol. The Balaban J connectivity index is 3.23. The fraction of sp³-hybridized carbons (Fsp3) is 0.600. The molecule has 0 unspecified atom stereocenters. The molecule has 0 aromatic rings. The van der Waals surface area contributed by atoms with Crippen LogP contribution in [0.5, 0.6) is 0 Å². The predicted molar refractivity (Wildman–Crippen MR) is 56.8 cm³/mol. The predicted octanol–water partition coefficient (Wildman–Crippen LogP) is 3.58. The van der Waals surface area contributed by atoms with E-state index in [1.54, 1.807) is 0 Å². The van der Waals surface area contributed by atoms with Gasteiger partial charge >= 0.3 is 0 Å². The van der Waals surface area contributed by atoms with Crippen molar-refractivity contribution in [2.24, 2.45) is 0 Å². The van der Waals surface area contributed by atoms with Crippen molar-refractivity contribution in [3.05, 3.63) is 12.2 Å². The maximum absolute atomic E-state index is 5.50. The fourth-order valence-electron chi connectivity index (χ4n) is 0.624. The van der Waals surface area contributed by atoms with Crippen LogP contribution in [0.25, 0.3) is 0 Å². The molecule has 0 N–H and O–H groups in total. The maximum atomic E-state index is 5.50. The lowest BCUT2D eigenvalue weighted by atomic mass is 10.3. The van der Waals surface area contributed by atoms with Gasteiger partial charge in [0.1, 0.15) is 0 Å². The summed E-state index contributed by atoms with van der Waals surface area (Å²) in [4.78, 5) is 0. The molecule has 0 aromatic heterocycles. The molecule has 0 aliphatic carbocycles. The van der Waals surface area contributed by atoms with Crippen LogP contribution in [0, 0.1) is 11.8 Å². The van der Waals surface area contributed by atoms with Gasteiger partial charge in [-0.3, -0.25) is 0 Å². The van der Waals surface area contributed by atoms with Crippen LogP contribution in [0.4, 0.5) is 0 Å². The Morgan fingerprint density at radius 2 is 1.83 bits per heavy atom. The van der Waals surface area contributed by atoms with Crippen LogP contribution in [-0.4, -0.2) is 11.8 Å². The van der Waals surface area contributed by atoms with E-state index in [4.69, 9.17) is 23.2 Å². The first-order valence-corrected chi connectivity index (χ1v) is 5.24. The third-order valence-electron chi connectivity index (χ3n) is 1.24. The van der Waals surface area contributed by atoms with Crippen LogP contribution >= 0.6 is 23.2 Å². The molecule has 0 radical (unpaired) electrons. The number of hydrogen-bond donors (Lipinski definition) is 0. The normalized spacial score (nSPS) is 9.83. The van der Waals surface area contributed by atoms with Gasteiger partial charge in [-0.1, -0.05) is 17.9 Å². The van der Waals surface area contributed by atoms with E-state index in [-0.39, 0.29) is 0 Å². The van der Waals surface area contributed by atoms with E-state index < -0.39 is 0 Å². The molecule has 0 saturated carbocycles. The Labute approximate surface area is 84.9 Å². The van der Waals surface area contributed by atoms with Crippen LogP contribution < -0.4 is 0 Å². The van der Waals surface area contributed by atoms with Crippen molar-refractivity contribution >= 4 is 23.2 Å². The van der Waals surface area contributed by atoms with E-state index in [0.29, 0.717) is 5.88 Å². The third-order valence-corrected chi connectivity index (χ3v) is 1.78. The van der Waals surface area contributed by atoms with Gasteiger partial charge in [0.05, 0.1) is 0 Å². The number of hydrogen-bond acceptors (Lipinski definition) is 0. The summed E-state index contributed by atoms with van der Waals surface area (Å²) in [5, 5.41) is 0. The van der Waals surface area contributed by atoms with E-state index in [0.717, 1.165) is 31.6 Å². The van der Waals surface area contributed by atoms with Crippen LogP contribution in [0.3, 0.4) is 0 Å². The molecule has 0 atom stereocenters.